The maximum atomic E-state index is 13.3. The van der Waals surface area contributed by atoms with Gasteiger partial charge in [-0.2, -0.15) is 0 Å². The van der Waals surface area contributed by atoms with Gasteiger partial charge in [0.15, 0.2) is 0 Å². The average molecular weight is 809 g/mol. The van der Waals surface area contributed by atoms with E-state index in [0.717, 1.165) is 39.9 Å². The summed E-state index contributed by atoms with van der Waals surface area (Å²) >= 11 is 0. The van der Waals surface area contributed by atoms with E-state index in [1.54, 1.807) is 38.1 Å². The van der Waals surface area contributed by atoms with Crippen LogP contribution in [0.3, 0.4) is 0 Å². The van der Waals surface area contributed by atoms with Crippen LogP contribution >= 0.6 is 0 Å². The smallest absolute Gasteiger partial charge is 0.408 e. The number of ether oxygens (including phenoxy) is 2. The SMILES string of the molecule is CC.CCC.CCCN(Cc1ncc(-c2ccc(-c3ccc(-c4cnc(NC(=O)C(Cc5ccccc5)NC(=O)OC(C)(C)C)[nH]4)cc3)cc2)[nH]1)C(=O)CNC(=O)OC. The van der Waals surface area contributed by atoms with Crippen LogP contribution in [0, 0.1) is 0 Å². The fraction of sp³-hybridized carbons (Fsp3) is 0.378. The van der Waals surface area contributed by atoms with E-state index in [4.69, 9.17) is 4.74 Å². The molecule has 14 heteroatoms. The van der Waals surface area contributed by atoms with Crippen molar-refractivity contribution in [2.24, 2.45) is 0 Å². The fourth-order valence-corrected chi connectivity index (χ4v) is 5.59. The number of nitrogens with one attached hydrogen (secondary N) is 5. The van der Waals surface area contributed by atoms with Gasteiger partial charge in [-0.05, 0) is 55.0 Å². The van der Waals surface area contributed by atoms with Crippen LogP contribution in [0.1, 0.15) is 79.6 Å². The highest BCUT2D eigenvalue weighted by Gasteiger charge is 2.25. The number of carbonyl (C=O) groups excluding carboxylic acids is 4. The van der Waals surface area contributed by atoms with Crippen LogP contribution in [0.4, 0.5) is 15.5 Å². The number of hydrogen-bond donors (Lipinski definition) is 5. The van der Waals surface area contributed by atoms with Crippen LogP contribution in [0.25, 0.3) is 33.6 Å². The number of imidazole rings is 2. The van der Waals surface area contributed by atoms with Crippen molar-refractivity contribution in [3.05, 3.63) is 103 Å². The van der Waals surface area contributed by atoms with E-state index in [0.29, 0.717) is 18.1 Å². The minimum atomic E-state index is -0.897. The molecule has 0 spiro atoms. The van der Waals surface area contributed by atoms with Gasteiger partial charge in [-0.1, -0.05) is 120 Å². The molecule has 14 nitrogen and oxygen atoms in total. The van der Waals surface area contributed by atoms with Crippen molar-refractivity contribution < 1.29 is 28.7 Å². The second kappa shape index (κ2) is 23.7. The molecule has 0 saturated carbocycles. The van der Waals surface area contributed by atoms with Gasteiger partial charge < -0.3 is 35.0 Å². The average Bonchev–Trinajstić information content (AvgIpc) is 3.90. The lowest BCUT2D eigenvalue weighted by molar-refractivity contribution is -0.131. The second-order valence-electron chi connectivity index (χ2n) is 14.3. The fourth-order valence-electron chi connectivity index (χ4n) is 5.59. The molecule has 5 N–H and O–H groups in total. The van der Waals surface area contributed by atoms with Gasteiger partial charge in [-0.25, -0.2) is 19.6 Å². The predicted octanol–water partition coefficient (Wildman–Crippen LogP) is 8.75. The van der Waals surface area contributed by atoms with Gasteiger partial charge in [-0.15, -0.1) is 0 Å². The number of aromatic amines is 2. The van der Waals surface area contributed by atoms with Gasteiger partial charge in [-0.3, -0.25) is 14.9 Å². The lowest BCUT2D eigenvalue weighted by atomic mass is 10.0. The zero-order valence-corrected chi connectivity index (χ0v) is 35.8. The third kappa shape index (κ3) is 15.4. The molecular weight excluding hydrogens is 749 g/mol. The number of aromatic nitrogens is 4. The largest absolute Gasteiger partial charge is 0.453 e. The van der Waals surface area contributed by atoms with E-state index in [1.807, 2.05) is 99.6 Å². The number of H-pyrrole nitrogens is 2. The Bertz CT molecular complexity index is 2040. The Morgan fingerprint density at radius 3 is 1.85 bits per heavy atom. The molecule has 1 atom stereocenters. The minimum Gasteiger partial charge on any atom is -0.453 e. The Kier molecular flexibility index (Phi) is 18.9. The van der Waals surface area contributed by atoms with Crippen LogP contribution in [-0.4, -0.2) is 80.7 Å². The second-order valence-corrected chi connectivity index (χ2v) is 14.3. The van der Waals surface area contributed by atoms with Gasteiger partial charge in [0.2, 0.25) is 17.8 Å². The Morgan fingerprint density at radius 2 is 1.31 bits per heavy atom. The van der Waals surface area contributed by atoms with Crippen molar-refractivity contribution in [2.45, 2.75) is 92.8 Å². The van der Waals surface area contributed by atoms with Crippen LogP contribution < -0.4 is 16.0 Å². The summed E-state index contributed by atoms with van der Waals surface area (Å²) in [6.07, 6.45) is 4.31. The Morgan fingerprint density at radius 1 is 0.763 bits per heavy atom. The van der Waals surface area contributed by atoms with Gasteiger partial charge in [0, 0.05) is 13.0 Å². The predicted molar refractivity (Wildman–Crippen MR) is 232 cm³/mol. The first-order valence-electron chi connectivity index (χ1n) is 20.1. The van der Waals surface area contributed by atoms with Crippen molar-refractivity contribution in [3.8, 4) is 33.6 Å². The lowest BCUT2D eigenvalue weighted by Crippen LogP contribution is -2.47. The van der Waals surface area contributed by atoms with Crippen molar-refractivity contribution in [1.82, 2.24) is 35.5 Å². The van der Waals surface area contributed by atoms with E-state index < -0.39 is 29.7 Å². The van der Waals surface area contributed by atoms with E-state index >= 15 is 0 Å². The Hall–Kier alpha value is -6.44. The minimum absolute atomic E-state index is 0.156. The highest BCUT2D eigenvalue weighted by molar-refractivity contribution is 5.95. The molecule has 2 heterocycles. The molecule has 4 amide bonds. The maximum Gasteiger partial charge on any atom is 0.408 e. The van der Waals surface area contributed by atoms with Crippen LogP contribution in [0.5, 0.6) is 0 Å². The van der Waals surface area contributed by atoms with Crippen molar-refractivity contribution in [3.63, 3.8) is 0 Å². The molecule has 5 rings (SSSR count). The normalized spacial score (nSPS) is 11.1. The lowest BCUT2D eigenvalue weighted by Gasteiger charge is -2.23. The number of hydrogen-bond acceptors (Lipinski definition) is 8. The summed E-state index contributed by atoms with van der Waals surface area (Å²) in [5.41, 5.74) is 5.53. The monoisotopic (exact) mass is 808 g/mol. The molecule has 1 unspecified atom stereocenters. The van der Waals surface area contributed by atoms with Gasteiger partial charge in [0.05, 0.1) is 37.4 Å². The maximum absolute atomic E-state index is 13.3. The highest BCUT2D eigenvalue weighted by atomic mass is 16.6. The third-order valence-corrected chi connectivity index (χ3v) is 8.22. The van der Waals surface area contributed by atoms with Crippen molar-refractivity contribution >= 4 is 29.9 Å². The van der Waals surface area contributed by atoms with Crippen LogP contribution in [0.2, 0.25) is 0 Å². The molecule has 316 valence electrons. The molecule has 0 bridgehead atoms. The first-order valence-corrected chi connectivity index (χ1v) is 20.1. The van der Waals surface area contributed by atoms with Gasteiger partial charge in [0.25, 0.3) is 0 Å². The summed E-state index contributed by atoms with van der Waals surface area (Å²) < 4.78 is 9.95. The molecule has 5 aromatic rings. The number of methoxy groups -OCH3 is 1. The molecule has 0 aliphatic heterocycles. The number of anilines is 1. The Balaban J connectivity index is 0.00000178. The topological polar surface area (TPSA) is 183 Å². The standard InChI is InChI=1S/C40H46N8O6.C3H8.C2H6/c1-6-20-48(35(49)24-43-38(51)53-5)25-34-41-22-32(44-34)29-16-12-27(13-17-29)28-14-18-30(19-15-28)33-23-42-37(45-33)47-36(50)31(21-26-10-8-7-9-11-26)46-39(52)54-40(2,3)4;1-3-2;1-2/h7-19,22-23,31H,6,20-21,24-25H2,1-5H3,(H,41,44)(H,43,51)(H,46,52)(H2,42,45,47,50);3H2,1-2H3;1-2H3. The molecule has 0 radical (unpaired) electrons. The quantitative estimate of drug-likeness (QED) is 0.0738. The van der Waals surface area contributed by atoms with Gasteiger partial charge >= 0.3 is 12.2 Å². The molecule has 0 aliphatic carbocycles. The summed E-state index contributed by atoms with van der Waals surface area (Å²) in [6.45, 7) is 16.2. The van der Waals surface area contributed by atoms with Crippen LogP contribution in [-0.2, 0) is 32.0 Å². The summed E-state index contributed by atoms with van der Waals surface area (Å²) in [7, 11) is 1.25. The Labute approximate surface area is 347 Å². The molecule has 59 heavy (non-hydrogen) atoms. The van der Waals surface area contributed by atoms with Crippen molar-refractivity contribution in [2.75, 3.05) is 25.5 Å². The van der Waals surface area contributed by atoms with E-state index in [1.165, 1.54) is 13.5 Å². The van der Waals surface area contributed by atoms with Crippen molar-refractivity contribution in [1.29, 1.82) is 0 Å². The molecule has 3 aromatic carbocycles. The highest BCUT2D eigenvalue weighted by Crippen LogP contribution is 2.27. The summed E-state index contributed by atoms with van der Waals surface area (Å²) in [5, 5.41) is 7.91. The van der Waals surface area contributed by atoms with Crippen LogP contribution in [0.15, 0.2) is 91.3 Å². The van der Waals surface area contributed by atoms with Gasteiger partial charge in [0.1, 0.15) is 24.0 Å². The zero-order chi connectivity index (χ0) is 43.4. The molecule has 0 fully saturated rings. The third-order valence-electron chi connectivity index (χ3n) is 8.22. The van der Waals surface area contributed by atoms with E-state index in [-0.39, 0.29) is 31.4 Å². The number of nitrogens with zero attached hydrogens (tertiary/aromatic N) is 3. The molecule has 0 aliphatic rings. The zero-order valence-electron chi connectivity index (χ0n) is 35.8. The first-order chi connectivity index (χ1) is 28.3. The summed E-state index contributed by atoms with van der Waals surface area (Å²) in [6, 6.07) is 24.5. The molecular formula is C45H60N8O6. The number of amides is 4. The summed E-state index contributed by atoms with van der Waals surface area (Å²) in [4.78, 5) is 66.9. The number of rotatable bonds is 14. The summed E-state index contributed by atoms with van der Waals surface area (Å²) in [5.74, 6) is 0.221. The number of alkyl carbamates (subject to hydrolysis) is 2. The first kappa shape index (κ1) is 46.9. The number of carbonyl (C=O) groups is 4. The molecule has 0 saturated heterocycles. The number of benzene rings is 3. The molecule has 2 aromatic heterocycles. The van der Waals surface area contributed by atoms with E-state index in [2.05, 4.69) is 54.5 Å². The van der Waals surface area contributed by atoms with E-state index in [9.17, 15) is 19.2 Å².